The second-order valence-corrected chi connectivity index (χ2v) is 5.62. The number of carbonyl (C=O) groups is 2. The number of nitrogens with one attached hydrogen (secondary N) is 2. The lowest BCUT2D eigenvalue weighted by Crippen LogP contribution is -2.31. The zero-order valence-electron chi connectivity index (χ0n) is 12.1. The highest BCUT2D eigenvalue weighted by Gasteiger charge is 2.38. The van der Waals surface area contributed by atoms with Crippen molar-refractivity contribution in [3.63, 3.8) is 0 Å². The Morgan fingerprint density at radius 1 is 1.20 bits per heavy atom. The number of rotatable bonds is 6. The Hall–Kier alpha value is -1.84. The van der Waals surface area contributed by atoms with Crippen LogP contribution in [-0.2, 0) is 16.1 Å². The fraction of sp³-hybridized carbons (Fsp3) is 0.500. The van der Waals surface area contributed by atoms with Crippen LogP contribution in [0.15, 0.2) is 24.3 Å². The van der Waals surface area contributed by atoms with Crippen LogP contribution < -0.4 is 10.6 Å². The lowest BCUT2D eigenvalue weighted by Gasteiger charge is -2.07. The molecule has 2 atom stereocenters. The number of aryl methyl sites for hydroxylation is 1. The van der Waals surface area contributed by atoms with Gasteiger partial charge in [-0.15, -0.1) is 0 Å². The second kappa shape index (κ2) is 6.55. The van der Waals surface area contributed by atoms with Crippen LogP contribution >= 0.6 is 0 Å². The van der Waals surface area contributed by atoms with E-state index < -0.39 is 0 Å². The van der Waals surface area contributed by atoms with E-state index in [1.165, 1.54) is 5.56 Å². The first kappa shape index (κ1) is 14.6. The molecule has 1 aliphatic rings. The van der Waals surface area contributed by atoms with Gasteiger partial charge in [0.15, 0.2) is 0 Å². The van der Waals surface area contributed by atoms with Crippen LogP contribution in [0.3, 0.4) is 0 Å². The predicted octanol–water partition coefficient (Wildman–Crippen LogP) is 1.77. The van der Waals surface area contributed by atoms with Crippen LogP contribution in [0.25, 0.3) is 0 Å². The van der Waals surface area contributed by atoms with E-state index >= 15 is 0 Å². The molecule has 20 heavy (non-hydrogen) atoms. The van der Waals surface area contributed by atoms with Crippen molar-refractivity contribution in [3.8, 4) is 0 Å². The summed E-state index contributed by atoms with van der Waals surface area (Å²) in [5.74, 6) is 0.731. The summed E-state index contributed by atoms with van der Waals surface area (Å²) >= 11 is 0. The number of benzene rings is 1. The molecule has 1 aromatic rings. The van der Waals surface area contributed by atoms with Crippen molar-refractivity contribution in [3.05, 3.63) is 35.4 Å². The molecule has 0 unspecified atom stereocenters. The van der Waals surface area contributed by atoms with Gasteiger partial charge >= 0.3 is 0 Å². The topological polar surface area (TPSA) is 58.2 Å². The summed E-state index contributed by atoms with van der Waals surface area (Å²) in [6.07, 6.45) is 1.31. The summed E-state index contributed by atoms with van der Waals surface area (Å²) in [6.45, 7) is 5.05. The minimum Gasteiger partial charge on any atom is -0.355 e. The Morgan fingerprint density at radius 2 is 1.85 bits per heavy atom. The molecule has 0 radical (unpaired) electrons. The monoisotopic (exact) mass is 274 g/mol. The molecular formula is C16H22N2O2. The van der Waals surface area contributed by atoms with Crippen LogP contribution in [-0.4, -0.2) is 18.4 Å². The molecule has 1 aromatic carbocycles. The summed E-state index contributed by atoms with van der Waals surface area (Å²) < 4.78 is 0. The van der Waals surface area contributed by atoms with Gasteiger partial charge in [0.05, 0.1) is 0 Å². The molecule has 0 saturated heterocycles. The van der Waals surface area contributed by atoms with Gasteiger partial charge in [-0.05, 0) is 24.8 Å². The molecule has 0 aromatic heterocycles. The van der Waals surface area contributed by atoms with E-state index in [1.54, 1.807) is 0 Å². The predicted molar refractivity (Wildman–Crippen MR) is 77.9 cm³/mol. The van der Waals surface area contributed by atoms with Gasteiger partial charge in [0, 0.05) is 25.4 Å². The van der Waals surface area contributed by atoms with Gasteiger partial charge < -0.3 is 10.6 Å². The number of carbonyl (C=O) groups excluding carboxylic acids is 2. The van der Waals surface area contributed by atoms with E-state index in [9.17, 15) is 9.59 Å². The third-order valence-corrected chi connectivity index (χ3v) is 3.71. The summed E-state index contributed by atoms with van der Waals surface area (Å²) in [6, 6.07) is 8.06. The highest BCUT2D eigenvalue weighted by atomic mass is 16.2. The minimum absolute atomic E-state index is 0.0327. The summed E-state index contributed by atoms with van der Waals surface area (Å²) in [5, 5.41) is 5.67. The molecule has 1 fully saturated rings. The molecule has 2 N–H and O–H groups in total. The summed E-state index contributed by atoms with van der Waals surface area (Å²) in [5.41, 5.74) is 2.29. The van der Waals surface area contributed by atoms with Crippen molar-refractivity contribution in [2.45, 2.75) is 33.2 Å². The highest BCUT2D eigenvalue weighted by molar-refractivity contribution is 5.82. The fourth-order valence-electron chi connectivity index (χ4n) is 2.11. The van der Waals surface area contributed by atoms with E-state index in [0.29, 0.717) is 25.4 Å². The first-order chi connectivity index (χ1) is 9.56. The van der Waals surface area contributed by atoms with Crippen LogP contribution in [0.5, 0.6) is 0 Å². The molecule has 0 aliphatic heterocycles. The maximum absolute atomic E-state index is 11.7. The number of amides is 2. The van der Waals surface area contributed by atoms with Crippen LogP contribution in [0.1, 0.15) is 30.9 Å². The molecule has 0 heterocycles. The summed E-state index contributed by atoms with van der Waals surface area (Å²) in [4.78, 5) is 23.2. The first-order valence-corrected chi connectivity index (χ1v) is 7.16. The van der Waals surface area contributed by atoms with Crippen molar-refractivity contribution in [1.29, 1.82) is 0 Å². The third-order valence-electron chi connectivity index (χ3n) is 3.71. The second-order valence-electron chi connectivity index (χ2n) is 5.62. The molecule has 0 spiro atoms. The van der Waals surface area contributed by atoms with Crippen LogP contribution in [0.2, 0.25) is 0 Å². The molecule has 4 heteroatoms. The van der Waals surface area contributed by atoms with Crippen LogP contribution in [0, 0.1) is 18.8 Å². The lowest BCUT2D eigenvalue weighted by atomic mass is 10.1. The van der Waals surface area contributed by atoms with Crippen LogP contribution in [0.4, 0.5) is 0 Å². The van der Waals surface area contributed by atoms with Gasteiger partial charge in [-0.3, -0.25) is 9.59 Å². The Labute approximate surface area is 119 Å². The lowest BCUT2D eigenvalue weighted by molar-refractivity contribution is -0.123. The van der Waals surface area contributed by atoms with Crippen molar-refractivity contribution >= 4 is 11.8 Å². The normalized spacial score (nSPS) is 20.3. The van der Waals surface area contributed by atoms with Crippen molar-refractivity contribution < 1.29 is 9.59 Å². The largest absolute Gasteiger partial charge is 0.355 e. The minimum atomic E-state index is -0.0327. The average molecular weight is 274 g/mol. The molecule has 2 rings (SSSR count). The SMILES string of the molecule is Cc1ccc(CNC(=O)CCNC(=O)[C@H]2C[C@H]2C)cc1. The molecular weight excluding hydrogens is 252 g/mol. The van der Waals surface area contributed by atoms with E-state index in [2.05, 4.69) is 17.6 Å². The van der Waals surface area contributed by atoms with Gasteiger partial charge in [-0.1, -0.05) is 36.8 Å². The van der Waals surface area contributed by atoms with E-state index in [0.717, 1.165) is 12.0 Å². The number of hydrogen-bond donors (Lipinski definition) is 2. The molecule has 2 amide bonds. The van der Waals surface area contributed by atoms with Crippen molar-refractivity contribution in [2.24, 2.45) is 11.8 Å². The van der Waals surface area contributed by atoms with Gasteiger partial charge in [-0.2, -0.15) is 0 Å². The Bertz CT molecular complexity index is 482. The van der Waals surface area contributed by atoms with E-state index in [1.807, 2.05) is 31.2 Å². The zero-order valence-corrected chi connectivity index (χ0v) is 12.1. The molecule has 0 bridgehead atoms. The first-order valence-electron chi connectivity index (χ1n) is 7.16. The zero-order chi connectivity index (χ0) is 14.5. The van der Waals surface area contributed by atoms with Crippen molar-refractivity contribution in [2.75, 3.05) is 6.54 Å². The van der Waals surface area contributed by atoms with E-state index in [-0.39, 0.29) is 17.7 Å². The Kier molecular flexibility index (Phi) is 4.77. The number of hydrogen-bond acceptors (Lipinski definition) is 2. The quantitative estimate of drug-likeness (QED) is 0.830. The Morgan fingerprint density at radius 3 is 2.45 bits per heavy atom. The van der Waals surface area contributed by atoms with Gasteiger partial charge in [-0.25, -0.2) is 0 Å². The fourth-order valence-corrected chi connectivity index (χ4v) is 2.11. The Balaban J connectivity index is 1.60. The van der Waals surface area contributed by atoms with Crippen molar-refractivity contribution in [1.82, 2.24) is 10.6 Å². The maximum Gasteiger partial charge on any atom is 0.223 e. The van der Waals surface area contributed by atoms with Gasteiger partial charge in [0.25, 0.3) is 0 Å². The molecule has 108 valence electrons. The average Bonchev–Trinajstić information content (AvgIpc) is 3.15. The smallest absolute Gasteiger partial charge is 0.223 e. The van der Waals surface area contributed by atoms with E-state index in [4.69, 9.17) is 0 Å². The highest BCUT2D eigenvalue weighted by Crippen LogP contribution is 2.37. The standard InChI is InChI=1S/C16H22N2O2/c1-11-3-5-13(6-4-11)10-18-15(19)7-8-17-16(20)14-9-12(14)2/h3-6,12,14H,7-10H2,1-2H3,(H,17,20)(H,18,19)/t12-,14+/m1/s1. The molecule has 1 aliphatic carbocycles. The molecule has 1 saturated carbocycles. The third kappa shape index (κ3) is 4.37. The molecule has 4 nitrogen and oxygen atoms in total. The maximum atomic E-state index is 11.7. The summed E-state index contributed by atoms with van der Waals surface area (Å²) in [7, 11) is 0. The van der Waals surface area contributed by atoms with Gasteiger partial charge in [0.1, 0.15) is 0 Å². The van der Waals surface area contributed by atoms with Gasteiger partial charge in [0.2, 0.25) is 11.8 Å².